The Bertz CT molecular complexity index is 436. The van der Waals surface area contributed by atoms with Crippen molar-refractivity contribution in [3.05, 3.63) is 11.9 Å². The van der Waals surface area contributed by atoms with Gasteiger partial charge in [-0.15, -0.1) is 0 Å². The number of aromatic nitrogens is 2. The van der Waals surface area contributed by atoms with Crippen LogP contribution in [0.2, 0.25) is 0 Å². The maximum absolute atomic E-state index is 5.42. The summed E-state index contributed by atoms with van der Waals surface area (Å²) < 4.78 is 5.42. The summed E-state index contributed by atoms with van der Waals surface area (Å²) in [6.45, 7) is 9.91. The highest BCUT2D eigenvalue weighted by Crippen LogP contribution is 2.28. The zero-order valence-corrected chi connectivity index (χ0v) is 13.0. The SMILES string of the molecule is CCOCc1nc(NC)cc(N2CCC(C(C)C)C2)n1. The van der Waals surface area contributed by atoms with Gasteiger partial charge in [-0.3, -0.25) is 0 Å². The minimum Gasteiger partial charge on any atom is -0.374 e. The fraction of sp³-hybridized carbons (Fsp3) is 0.733. The predicted octanol–water partition coefficient (Wildman–Crippen LogP) is 2.54. The zero-order chi connectivity index (χ0) is 14.5. The van der Waals surface area contributed by atoms with Crippen LogP contribution in [0.4, 0.5) is 11.6 Å². The number of hydrogen-bond donors (Lipinski definition) is 1. The Labute approximate surface area is 121 Å². The van der Waals surface area contributed by atoms with E-state index in [0.29, 0.717) is 13.2 Å². The number of ether oxygens (including phenoxy) is 1. The van der Waals surface area contributed by atoms with E-state index in [1.807, 2.05) is 20.0 Å². The van der Waals surface area contributed by atoms with E-state index in [0.717, 1.165) is 42.4 Å². The smallest absolute Gasteiger partial charge is 0.158 e. The zero-order valence-electron chi connectivity index (χ0n) is 13.0. The van der Waals surface area contributed by atoms with Crippen LogP contribution in [-0.2, 0) is 11.3 Å². The van der Waals surface area contributed by atoms with E-state index in [-0.39, 0.29) is 0 Å². The topological polar surface area (TPSA) is 50.3 Å². The normalized spacial score (nSPS) is 18.9. The maximum Gasteiger partial charge on any atom is 0.158 e. The molecule has 1 saturated heterocycles. The second kappa shape index (κ2) is 6.88. The third-order valence-electron chi connectivity index (χ3n) is 3.94. The van der Waals surface area contributed by atoms with Crippen molar-refractivity contribution in [2.24, 2.45) is 11.8 Å². The van der Waals surface area contributed by atoms with Crippen LogP contribution in [0.15, 0.2) is 6.07 Å². The summed E-state index contributed by atoms with van der Waals surface area (Å²) in [4.78, 5) is 11.4. The molecule has 1 N–H and O–H groups in total. The molecule has 0 saturated carbocycles. The summed E-state index contributed by atoms with van der Waals surface area (Å²) in [5.74, 6) is 4.12. The van der Waals surface area contributed by atoms with Crippen LogP contribution in [0.25, 0.3) is 0 Å². The van der Waals surface area contributed by atoms with Crippen molar-refractivity contribution < 1.29 is 4.74 Å². The van der Waals surface area contributed by atoms with Crippen LogP contribution in [0.5, 0.6) is 0 Å². The lowest BCUT2D eigenvalue weighted by Crippen LogP contribution is -2.23. The van der Waals surface area contributed by atoms with Crippen LogP contribution in [0.1, 0.15) is 33.0 Å². The summed E-state index contributed by atoms with van der Waals surface area (Å²) in [7, 11) is 1.89. The van der Waals surface area contributed by atoms with E-state index < -0.39 is 0 Å². The van der Waals surface area contributed by atoms with Gasteiger partial charge in [-0.1, -0.05) is 13.8 Å². The molecule has 0 radical (unpaired) electrons. The molecule has 0 bridgehead atoms. The number of anilines is 2. The van der Waals surface area contributed by atoms with Gasteiger partial charge in [-0.25, -0.2) is 9.97 Å². The van der Waals surface area contributed by atoms with Crippen molar-refractivity contribution in [2.75, 3.05) is 37.0 Å². The summed E-state index contributed by atoms with van der Waals surface area (Å²) in [5.41, 5.74) is 0. The molecule has 1 atom stereocenters. The first kappa shape index (κ1) is 15.0. The molecule has 5 heteroatoms. The summed E-state index contributed by atoms with van der Waals surface area (Å²) in [5, 5.41) is 3.11. The fourth-order valence-corrected chi connectivity index (χ4v) is 2.57. The number of nitrogens with one attached hydrogen (secondary N) is 1. The number of rotatable bonds is 6. The molecule has 1 aliphatic rings. The summed E-state index contributed by atoms with van der Waals surface area (Å²) >= 11 is 0. The minimum absolute atomic E-state index is 0.473. The highest BCUT2D eigenvalue weighted by atomic mass is 16.5. The van der Waals surface area contributed by atoms with Crippen molar-refractivity contribution in [3.8, 4) is 0 Å². The molecule has 1 fully saturated rings. The van der Waals surface area contributed by atoms with E-state index in [9.17, 15) is 0 Å². The van der Waals surface area contributed by atoms with E-state index in [1.54, 1.807) is 0 Å². The van der Waals surface area contributed by atoms with Gasteiger partial charge < -0.3 is 15.0 Å². The van der Waals surface area contributed by atoms with Crippen LogP contribution in [-0.4, -0.2) is 36.7 Å². The average molecular weight is 278 g/mol. The Hall–Kier alpha value is -1.36. The lowest BCUT2D eigenvalue weighted by molar-refractivity contribution is 0.128. The molecular formula is C15H26N4O. The van der Waals surface area contributed by atoms with Gasteiger partial charge in [0.15, 0.2) is 5.82 Å². The molecule has 0 amide bonds. The molecule has 1 aromatic rings. The third kappa shape index (κ3) is 3.60. The Balaban J connectivity index is 2.14. The van der Waals surface area contributed by atoms with Crippen molar-refractivity contribution in [3.63, 3.8) is 0 Å². The Morgan fingerprint density at radius 2 is 2.25 bits per heavy atom. The van der Waals surface area contributed by atoms with Gasteiger partial charge in [-0.05, 0) is 25.2 Å². The van der Waals surface area contributed by atoms with E-state index in [1.165, 1.54) is 6.42 Å². The van der Waals surface area contributed by atoms with Crippen molar-refractivity contribution in [2.45, 2.75) is 33.8 Å². The molecule has 2 heterocycles. The highest BCUT2D eigenvalue weighted by molar-refractivity contribution is 5.49. The van der Waals surface area contributed by atoms with Crippen molar-refractivity contribution >= 4 is 11.6 Å². The average Bonchev–Trinajstić information content (AvgIpc) is 2.94. The lowest BCUT2D eigenvalue weighted by atomic mass is 9.95. The van der Waals surface area contributed by atoms with Crippen molar-refractivity contribution in [1.29, 1.82) is 0 Å². The van der Waals surface area contributed by atoms with Crippen LogP contribution in [0, 0.1) is 11.8 Å². The van der Waals surface area contributed by atoms with Gasteiger partial charge in [0.25, 0.3) is 0 Å². The molecule has 112 valence electrons. The van der Waals surface area contributed by atoms with Crippen molar-refractivity contribution in [1.82, 2.24) is 9.97 Å². The quantitative estimate of drug-likeness (QED) is 0.866. The molecule has 1 aliphatic heterocycles. The Kier molecular flexibility index (Phi) is 5.17. The lowest BCUT2D eigenvalue weighted by Gasteiger charge is -2.20. The molecule has 20 heavy (non-hydrogen) atoms. The van der Waals surface area contributed by atoms with Gasteiger partial charge in [0.2, 0.25) is 0 Å². The molecule has 2 rings (SSSR count). The second-order valence-electron chi connectivity index (χ2n) is 5.65. The Morgan fingerprint density at radius 1 is 1.45 bits per heavy atom. The fourth-order valence-electron chi connectivity index (χ4n) is 2.57. The minimum atomic E-state index is 0.473. The van der Waals surface area contributed by atoms with Crippen LogP contribution in [0.3, 0.4) is 0 Å². The van der Waals surface area contributed by atoms with Crippen LogP contribution >= 0.6 is 0 Å². The predicted molar refractivity (Wildman–Crippen MR) is 82.1 cm³/mol. The van der Waals surface area contributed by atoms with E-state index in [4.69, 9.17) is 4.74 Å². The third-order valence-corrected chi connectivity index (χ3v) is 3.94. The summed E-state index contributed by atoms with van der Waals surface area (Å²) in [6.07, 6.45) is 1.25. The first-order valence-corrected chi connectivity index (χ1v) is 7.52. The maximum atomic E-state index is 5.42. The highest BCUT2D eigenvalue weighted by Gasteiger charge is 2.26. The number of hydrogen-bond acceptors (Lipinski definition) is 5. The van der Waals surface area contributed by atoms with Gasteiger partial charge in [-0.2, -0.15) is 0 Å². The van der Waals surface area contributed by atoms with Gasteiger partial charge in [0.1, 0.15) is 18.2 Å². The van der Waals surface area contributed by atoms with E-state index in [2.05, 4.69) is 34.0 Å². The largest absolute Gasteiger partial charge is 0.374 e. The van der Waals surface area contributed by atoms with Gasteiger partial charge in [0, 0.05) is 32.8 Å². The monoisotopic (exact) mass is 278 g/mol. The van der Waals surface area contributed by atoms with E-state index >= 15 is 0 Å². The first-order chi connectivity index (χ1) is 9.63. The molecule has 0 aromatic carbocycles. The Morgan fingerprint density at radius 3 is 2.85 bits per heavy atom. The van der Waals surface area contributed by atoms with Gasteiger partial charge >= 0.3 is 0 Å². The second-order valence-corrected chi connectivity index (χ2v) is 5.65. The molecule has 1 aromatic heterocycles. The first-order valence-electron chi connectivity index (χ1n) is 7.52. The molecular weight excluding hydrogens is 252 g/mol. The van der Waals surface area contributed by atoms with Gasteiger partial charge in [0.05, 0.1) is 0 Å². The molecule has 0 spiro atoms. The molecule has 5 nitrogen and oxygen atoms in total. The molecule has 0 aliphatic carbocycles. The van der Waals surface area contributed by atoms with Crippen LogP contribution < -0.4 is 10.2 Å². The summed E-state index contributed by atoms with van der Waals surface area (Å²) in [6, 6.07) is 2.03. The number of nitrogens with zero attached hydrogens (tertiary/aromatic N) is 3. The standard InChI is InChI=1S/C15H26N4O/c1-5-20-10-14-17-13(16-4)8-15(18-14)19-7-6-12(9-19)11(2)3/h8,11-12H,5-7,9-10H2,1-4H3,(H,16,17,18). The molecule has 1 unspecified atom stereocenters.